The molecule has 0 spiro atoms. The number of carbonyl (C=O) groups excluding carboxylic acids is 2. The van der Waals surface area contributed by atoms with Crippen LogP contribution in [0.3, 0.4) is 0 Å². The molecule has 134 valence electrons. The van der Waals surface area contributed by atoms with Crippen LogP contribution < -0.4 is 10.1 Å². The van der Waals surface area contributed by atoms with Crippen LogP contribution in [0.25, 0.3) is 0 Å². The molecule has 0 aliphatic rings. The molecule has 1 amide bonds. The molecule has 0 heterocycles. The van der Waals surface area contributed by atoms with Crippen molar-refractivity contribution in [2.75, 3.05) is 14.2 Å². The standard InChI is InChI=1S/C18H26ClNO4/c1-7-17(2,3)18(4,16(22)24-6)20-15(21)10-12-8-9-13(19)11-14(12)23-5/h8-9,11H,7,10H2,1-6H3,(H,20,21). The SMILES string of the molecule is CCC(C)(C)C(C)(NC(=O)Cc1ccc(Cl)cc1OC)C(=O)OC. The first-order valence-corrected chi connectivity index (χ1v) is 8.21. The van der Waals surface area contributed by atoms with E-state index < -0.39 is 16.9 Å². The maximum absolute atomic E-state index is 12.6. The summed E-state index contributed by atoms with van der Waals surface area (Å²) in [7, 11) is 2.84. The second kappa shape index (κ2) is 7.88. The molecule has 1 rings (SSSR count). The Bertz CT molecular complexity index is 615. The molecule has 1 aromatic carbocycles. The van der Waals surface area contributed by atoms with Crippen molar-refractivity contribution in [3.63, 3.8) is 0 Å². The number of halogens is 1. The molecule has 6 heteroatoms. The van der Waals surface area contributed by atoms with E-state index >= 15 is 0 Å². The molecule has 1 unspecified atom stereocenters. The molecular weight excluding hydrogens is 330 g/mol. The Morgan fingerprint density at radius 3 is 2.33 bits per heavy atom. The van der Waals surface area contributed by atoms with Gasteiger partial charge in [-0.2, -0.15) is 0 Å². The van der Waals surface area contributed by atoms with Gasteiger partial charge < -0.3 is 14.8 Å². The topological polar surface area (TPSA) is 64.6 Å². The number of rotatable bonds is 7. The number of benzene rings is 1. The minimum Gasteiger partial charge on any atom is -0.496 e. The van der Waals surface area contributed by atoms with Crippen LogP contribution in [0.1, 0.15) is 39.7 Å². The van der Waals surface area contributed by atoms with E-state index in [0.717, 1.165) is 0 Å². The van der Waals surface area contributed by atoms with E-state index in [0.29, 0.717) is 22.8 Å². The van der Waals surface area contributed by atoms with Crippen LogP contribution in [0.5, 0.6) is 5.75 Å². The first kappa shape index (κ1) is 20.3. The lowest BCUT2D eigenvalue weighted by atomic mass is 9.71. The van der Waals surface area contributed by atoms with Crippen molar-refractivity contribution in [3.8, 4) is 5.75 Å². The fourth-order valence-corrected chi connectivity index (χ4v) is 2.58. The number of esters is 1. The quantitative estimate of drug-likeness (QED) is 0.761. The van der Waals surface area contributed by atoms with Crippen molar-refractivity contribution in [2.24, 2.45) is 5.41 Å². The first-order valence-electron chi connectivity index (χ1n) is 7.83. The summed E-state index contributed by atoms with van der Waals surface area (Å²) in [5.41, 5.74) is -0.909. The number of amides is 1. The van der Waals surface area contributed by atoms with Crippen molar-refractivity contribution in [2.45, 2.75) is 46.1 Å². The van der Waals surface area contributed by atoms with E-state index in [4.69, 9.17) is 21.1 Å². The maximum Gasteiger partial charge on any atom is 0.331 e. The van der Waals surface area contributed by atoms with Gasteiger partial charge in [0, 0.05) is 10.6 Å². The molecule has 0 aliphatic carbocycles. The average Bonchev–Trinajstić information content (AvgIpc) is 2.55. The van der Waals surface area contributed by atoms with E-state index in [1.54, 1.807) is 25.1 Å². The molecule has 1 aromatic rings. The van der Waals surface area contributed by atoms with Crippen molar-refractivity contribution >= 4 is 23.5 Å². The fraction of sp³-hybridized carbons (Fsp3) is 0.556. The van der Waals surface area contributed by atoms with Crippen molar-refractivity contribution in [1.82, 2.24) is 5.32 Å². The lowest BCUT2D eigenvalue weighted by Gasteiger charge is -2.41. The molecule has 0 aromatic heterocycles. The summed E-state index contributed by atoms with van der Waals surface area (Å²) in [5.74, 6) is -0.219. The largest absolute Gasteiger partial charge is 0.496 e. The predicted octanol–water partition coefficient (Wildman–Crippen LogP) is 3.38. The molecule has 0 aliphatic heterocycles. The normalized spacial score (nSPS) is 13.8. The number of ether oxygens (including phenoxy) is 2. The van der Waals surface area contributed by atoms with Crippen molar-refractivity contribution in [3.05, 3.63) is 28.8 Å². The third-order valence-electron chi connectivity index (χ3n) is 4.82. The van der Waals surface area contributed by atoms with Gasteiger partial charge in [-0.3, -0.25) is 4.79 Å². The van der Waals surface area contributed by atoms with Gasteiger partial charge in [-0.1, -0.05) is 38.4 Å². The molecule has 24 heavy (non-hydrogen) atoms. The minimum absolute atomic E-state index is 0.0761. The molecule has 0 saturated heterocycles. The average molecular weight is 356 g/mol. The van der Waals surface area contributed by atoms with Gasteiger partial charge in [0.25, 0.3) is 0 Å². The maximum atomic E-state index is 12.6. The van der Waals surface area contributed by atoms with Crippen LogP contribution >= 0.6 is 11.6 Å². The van der Waals surface area contributed by atoms with E-state index in [9.17, 15) is 9.59 Å². The van der Waals surface area contributed by atoms with Gasteiger partial charge in [-0.05, 0) is 30.9 Å². The Hall–Kier alpha value is -1.75. The summed E-state index contributed by atoms with van der Waals surface area (Å²) in [6.07, 6.45) is 0.774. The minimum atomic E-state index is -1.13. The molecule has 0 fully saturated rings. The fourth-order valence-electron chi connectivity index (χ4n) is 2.41. The summed E-state index contributed by atoms with van der Waals surface area (Å²) in [6.45, 7) is 7.51. The van der Waals surface area contributed by atoms with E-state index in [1.165, 1.54) is 14.2 Å². The van der Waals surface area contributed by atoms with Gasteiger partial charge in [0.2, 0.25) is 5.91 Å². The summed E-state index contributed by atoms with van der Waals surface area (Å²) < 4.78 is 10.2. The zero-order chi connectivity index (χ0) is 18.5. The van der Waals surface area contributed by atoms with Crippen molar-refractivity contribution in [1.29, 1.82) is 0 Å². The van der Waals surface area contributed by atoms with E-state index in [1.807, 2.05) is 20.8 Å². The zero-order valence-corrected chi connectivity index (χ0v) is 15.9. The number of nitrogens with one attached hydrogen (secondary N) is 1. The smallest absolute Gasteiger partial charge is 0.331 e. The van der Waals surface area contributed by atoms with Crippen LogP contribution in [0.2, 0.25) is 5.02 Å². The van der Waals surface area contributed by atoms with Crippen LogP contribution in [0.4, 0.5) is 0 Å². The molecule has 0 saturated carbocycles. The monoisotopic (exact) mass is 355 g/mol. The lowest BCUT2D eigenvalue weighted by molar-refractivity contribution is -0.156. The molecule has 0 radical (unpaired) electrons. The Balaban J connectivity index is 3.04. The number of hydrogen-bond acceptors (Lipinski definition) is 4. The summed E-state index contributed by atoms with van der Waals surface area (Å²) >= 11 is 5.94. The molecule has 0 bridgehead atoms. The van der Waals surface area contributed by atoms with Crippen LogP contribution in [0, 0.1) is 5.41 Å². The molecule has 5 nitrogen and oxygen atoms in total. The van der Waals surface area contributed by atoms with Gasteiger partial charge in [0.1, 0.15) is 11.3 Å². The van der Waals surface area contributed by atoms with E-state index in [-0.39, 0.29) is 12.3 Å². The second-order valence-electron chi connectivity index (χ2n) is 6.54. The van der Waals surface area contributed by atoms with Gasteiger partial charge >= 0.3 is 5.97 Å². The predicted molar refractivity (Wildman–Crippen MR) is 94.3 cm³/mol. The molecular formula is C18H26ClNO4. The van der Waals surface area contributed by atoms with Gasteiger partial charge in [-0.25, -0.2) is 4.79 Å². The lowest BCUT2D eigenvalue weighted by Crippen LogP contribution is -2.61. The summed E-state index contributed by atoms with van der Waals surface area (Å²) in [5, 5.41) is 3.38. The number of hydrogen-bond donors (Lipinski definition) is 1. The van der Waals surface area contributed by atoms with Crippen LogP contribution in [-0.4, -0.2) is 31.6 Å². The van der Waals surface area contributed by atoms with Crippen LogP contribution in [0.15, 0.2) is 18.2 Å². The Kier molecular flexibility index (Phi) is 6.67. The highest BCUT2D eigenvalue weighted by Gasteiger charge is 2.48. The highest BCUT2D eigenvalue weighted by molar-refractivity contribution is 6.30. The van der Waals surface area contributed by atoms with Crippen molar-refractivity contribution < 1.29 is 19.1 Å². The molecule has 1 N–H and O–H groups in total. The molecule has 1 atom stereocenters. The highest BCUT2D eigenvalue weighted by Crippen LogP contribution is 2.35. The Morgan fingerprint density at radius 2 is 1.83 bits per heavy atom. The summed E-state index contributed by atoms with van der Waals surface area (Å²) in [4.78, 5) is 24.9. The Morgan fingerprint density at radius 1 is 1.21 bits per heavy atom. The van der Waals surface area contributed by atoms with Gasteiger partial charge in [0.15, 0.2) is 0 Å². The third-order valence-corrected chi connectivity index (χ3v) is 5.06. The van der Waals surface area contributed by atoms with E-state index in [2.05, 4.69) is 5.32 Å². The first-order chi connectivity index (χ1) is 11.1. The highest BCUT2D eigenvalue weighted by atomic mass is 35.5. The number of carbonyl (C=O) groups is 2. The van der Waals surface area contributed by atoms with Gasteiger partial charge in [0.05, 0.1) is 20.6 Å². The van der Waals surface area contributed by atoms with Crippen LogP contribution in [-0.2, 0) is 20.7 Å². The third kappa shape index (κ3) is 4.20. The van der Waals surface area contributed by atoms with Gasteiger partial charge in [-0.15, -0.1) is 0 Å². The Labute approximate surface area is 148 Å². The summed E-state index contributed by atoms with van der Waals surface area (Å²) in [6, 6.07) is 5.09. The number of methoxy groups -OCH3 is 2. The zero-order valence-electron chi connectivity index (χ0n) is 15.2. The second-order valence-corrected chi connectivity index (χ2v) is 6.97.